The summed E-state index contributed by atoms with van der Waals surface area (Å²) in [6, 6.07) is 22.9. The molecule has 1 aliphatic rings. The highest BCUT2D eigenvalue weighted by Gasteiger charge is 2.27. The first-order valence-corrected chi connectivity index (χ1v) is 14.1. The number of hydrogen-bond acceptors (Lipinski definition) is 5. The summed E-state index contributed by atoms with van der Waals surface area (Å²) in [6.45, 7) is 0.871. The van der Waals surface area contributed by atoms with E-state index >= 15 is 0 Å². The maximum absolute atomic E-state index is 12.9. The van der Waals surface area contributed by atoms with Gasteiger partial charge in [0.05, 0.1) is 15.5 Å². The highest BCUT2D eigenvalue weighted by Crippen LogP contribution is 2.19. The van der Waals surface area contributed by atoms with Crippen LogP contribution in [0.25, 0.3) is 0 Å². The van der Waals surface area contributed by atoms with Gasteiger partial charge in [-0.1, -0.05) is 48.5 Å². The molecule has 9 heteroatoms. The van der Waals surface area contributed by atoms with E-state index in [-0.39, 0.29) is 27.5 Å². The summed E-state index contributed by atoms with van der Waals surface area (Å²) < 4.78 is 52.9. The number of rotatable bonds is 7. The second-order valence-corrected chi connectivity index (χ2v) is 12.0. The fraction of sp³-hybridized carbons (Fsp3) is 0.240. The van der Waals surface area contributed by atoms with Crippen LogP contribution in [0.3, 0.4) is 0 Å². The van der Waals surface area contributed by atoms with Crippen molar-refractivity contribution in [2.45, 2.75) is 34.4 Å². The minimum atomic E-state index is -3.59. The largest absolute Gasteiger partial charge is 0.339 e. The molecule has 0 spiro atoms. The summed E-state index contributed by atoms with van der Waals surface area (Å²) in [4.78, 5) is 15.1. The Hall–Kier alpha value is -3.01. The van der Waals surface area contributed by atoms with Gasteiger partial charge in [0.2, 0.25) is 10.0 Å². The third kappa shape index (κ3) is 5.72. The van der Waals surface area contributed by atoms with Crippen molar-refractivity contribution in [1.29, 1.82) is 0 Å². The molecule has 4 rings (SSSR count). The molecular formula is C25H26N2O5S2. The minimum Gasteiger partial charge on any atom is -0.339 e. The molecular weight excluding hydrogens is 472 g/mol. The van der Waals surface area contributed by atoms with Gasteiger partial charge >= 0.3 is 0 Å². The predicted molar refractivity (Wildman–Crippen MR) is 129 cm³/mol. The van der Waals surface area contributed by atoms with Gasteiger partial charge in [0.15, 0.2) is 9.84 Å². The van der Waals surface area contributed by atoms with Gasteiger partial charge in [-0.3, -0.25) is 4.79 Å². The second-order valence-electron chi connectivity index (χ2n) is 8.27. The number of carbonyl (C=O) groups excluding carboxylic acids is 1. The third-order valence-electron chi connectivity index (χ3n) is 5.82. The number of nitrogens with zero attached hydrogens (tertiary/aromatic N) is 1. The number of sulfone groups is 1. The molecule has 0 atom stereocenters. The lowest BCUT2D eigenvalue weighted by Crippen LogP contribution is -2.46. The van der Waals surface area contributed by atoms with Crippen molar-refractivity contribution < 1.29 is 21.6 Å². The number of piperidine rings is 1. The molecule has 1 heterocycles. The van der Waals surface area contributed by atoms with Crippen molar-refractivity contribution >= 4 is 25.8 Å². The molecule has 1 N–H and O–H groups in total. The summed E-state index contributed by atoms with van der Waals surface area (Å²) in [7, 11) is -7.05. The summed E-state index contributed by atoms with van der Waals surface area (Å²) in [5, 5.41) is 0. The Bertz CT molecular complexity index is 1330. The van der Waals surface area contributed by atoms with Crippen molar-refractivity contribution in [2.75, 3.05) is 13.1 Å². The standard InChI is InChI=1S/C25H26N2O5S2/c28-25(21-13-11-20(12-14-21)19-33(29,30)23-7-3-1-4-8-23)27-17-15-22(16-18-27)26-34(31,32)24-9-5-2-6-10-24/h1-14,22,26H,15-19H2. The van der Waals surface area contributed by atoms with Crippen LogP contribution < -0.4 is 4.72 Å². The molecule has 0 bridgehead atoms. The van der Waals surface area contributed by atoms with E-state index in [0.29, 0.717) is 37.1 Å². The normalized spacial score (nSPS) is 15.2. The number of nitrogens with one attached hydrogen (secondary N) is 1. The summed E-state index contributed by atoms with van der Waals surface area (Å²) in [5.41, 5.74) is 1.08. The van der Waals surface area contributed by atoms with Crippen molar-refractivity contribution in [1.82, 2.24) is 9.62 Å². The molecule has 1 amide bonds. The van der Waals surface area contributed by atoms with E-state index in [1.165, 1.54) is 0 Å². The Morgan fingerprint density at radius 1 is 0.765 bits per heavy atom. The Morgan fingerprint density at radius 2 is 1.29 bits per heavy atom. The number of likely N-dealkylation sites (tertiary alicyclic amines) is 1. The number of hydrogen-bond donors (Lipinski definition) is 1. The van der Waals surface area contributed by atoms with Gasteiger partial charge in [-0.2, -0.15) is 0 Å². The van der Waals surface area contributed by atoms with Crippen molar-refractivity contribution in [3.05, 3.63) is 96.1 Å². The second kappa shape index (κ2) is 10.1. The van der Waals surface area contributed by atoms with Gasteiger partial charge in [-0.25, -0.2) is 21.6 Å². The fourth-order valence-electron chi connectivity index (χ4n) is 3.94. The molecule has 34 heavy (non-hydrogen) atoms. The minimum absolute atomic E-state index is 0.140. The zero-order valence-electron chi connectivity index (χ0n) is 18.5. The van der Waals surface area contributed by atoms with Crippen molar-refractivity contribution in [3.63, 3.8) is 0 Å². The first kappa shape index (κ1) is 24.1. The van der Waals surface area contributed by atoms with E-state index in [9.17, 15) is 21.6 Å². The first-order chi connectivity index (χ1) is 16.2. The van der Waals surface area contributed by atoms with Crippen LogP contribution >= 0.6 is 0 Å². The van der Waals surface area contributed by atoms with Gasteiger partial charge in [0.25, 0.3) is 5.91 Å². The van der Waals surface area contributed by atoms with E-state index < -0.39 is 19.9 Å². The highest BCUT2D eigenvalue weighted by molar-refractivity contribution is 7.90. The lowest BCUT2D eigenvalue weighted by molar-refractivity contribution is 0.0711. The lowest BCUT2D eigenvalue weighted by atomic mass is 10.0. The summed E-state index contributed by atoms with van der Waals surface area (Å²) >= 11 is 0. The molecule has 3 aromatic carbocycles. The fourth-order valence-corrected chi connectivity index (χ4v) is 6.64. The van der Waals surface area contributed by atoms with E-state index in [1.807, 2.05) is 0 Å². The molecule has 0 unspecified atom stereocenters. The summed E-state index contributed by atoms with van der Waals surface area (Å²) in [6.07, 6.45) is 1.04. The van der Waals surface area contributed by atoms with E-state index in [1.54, 1.807) is 89.8 Å². The Labute approximate surface area is 200 Å². The molecule has 1 fully saturated rings. The SMILES string of the molecule is O=C(c1ccc(CS(=O)(=O)c2ccccc2)cc1)N1CCC(NS(=O)(=O)c2ccccc2)CC1. The molecule has 0 aliphatic carbocycles. The summed E-state index contributed by atoms with van der Waals surface area (Å²) in [5.74, 6) is -0.292. The smallest absolute Gasteiger partial charge is 0.253 e. The Balaban J connectivity index is 1.34. The van der Waals surface area contributed by atoms with Crippen LogP contribution in [-0.4, -0.2) is 46.8 Å². The van der Waals surface area contributed by atoms with Crippen LogP contribution in [0.4, 0.5) is 0 Å². The van der Waals surface area contributed by atoms with Crippen LogP contribution in [0.15, 0.2) is 94.7 Å². The number of sulfonamides is 1. The van der Waals surface area contributed by atoms with Crippen LogP contribution in [0, 0.1) is 0 Å². The number of benzene rings is 3. The van der Waals surface area contributed by atoms with Crippen molar-refractivity contribution in [2.24, 2.45) is 0 Å². The third-order valence-corrected chi connectivity index (χ3v) is 9.06. The highest BCUT2D eigenvalue weighted by atomic mass is 32.2. The van der Waals surface area contributed by atoms with Crippen molar-refractivity contribution in [3.8, 4) is 0 Å². The van der Waals surface area contributed by atoms with Gasteiger partial charge in [-0.15, -0.1) is 0 Å². The molecule has 3 aromatic rings. The maximum atomic E-state index is 12.9. The van der Waals surface area contributed by atoms with E-state index in [0.717, 1.165) is 0 Å². The van der Waals surface area contributed by atoms with Gasteiger partial charge in [-0.05, 0) is 54.8 Å². The van der Waals surface area contributed by atoms with Crippen LogP contribution in [0.1, 0.15) is 28.8 Å². The van der Waals surface area contributed by atoms with Crippen LogP contribution in [-0.2, 0) is 25.6 Å². The lowest BCUT2D eigenvalue weighted by Gasteiger charge is -2.32. The zero-order valence-corrected chi connectivity index (χ0v) is 20.1. The van der Waals surface area contributed by atoms with Crippen LogP contribution in [0.2, 0.25) is 0 Å². The molecule has 0 radical (unpaired) electrons. The first-order valence-electron chi connectivity index (χ1n) is 11.0. The Kier molecular flexibility index (Phi) is 7.16. The average molecular weight is 499 g/mol. The van der Waals surface area contributed by atoms with Gasteiger partial charge < -0.3 is 4.90 Å². The van der Waals surface area contributed by atoms with Gasteiger partial charge in [0.1, 0.15) is 0 Å². The molecule has 1 aliphatic heterocycles. The monoisotopic (exact) mass is 498 g/mol. The topological polar surface area (TPSA) is 101 Å². The molecule has 0 saturated carbocycles. The Morgan fingerprint density at radius 3 is 1.85 bits per heavy atom. The van der Waals surface area contributed by atoms with Gasteiger partial charge in [0, 0.05) is 24.7 Å². The van der Waals surface area contributed by atoms with E-state index in [4.69, 9.17) is 0 Å². The number of amides is 1. The molecule has 178 valence electrons. The van der Waals surface area contributed by atoms with Crippen LogP contribution in [0.5, 0.6) is 0 Å². The average Bonchev–Trinajstić information content (AvgIpc) is 2.85. The van der Waals surface area contributed by atoms with E-state index in [2.05, 4.69) is 4.72 Å². The maximum Gasteiger partial charge on any atom is 0.253 e. The zero-order chi connectivity index (χ0) is 24.2. The molecule has 7 nitrogen and oxygen atoms in total. The predicted octanol–water partition coefficient (Wildman–Crippen LogP) is 3.24. The number of carbonyl (C=O) groups is 1. The molecule has 1 saturated heterocycles. The quantitative estimate of drug-likeness (QED) is 0.539. The molecule has 0 aromatic heterocycles.